The zero-order valence-electron chi connectivity index (χ0n) is 13.3. The molecule has 0 amide bonds. The quantitative estimate of drug-likeness (QED) is 0.546. The first kappa shape index (κ1) is 16.8. The summed E-state index contributed by atoms with van der Waals surface area (Å²) in [6, 6.07) is 4.46. The van der Waals surface area contributed by atoms with E-state index in [2.05, 4.69) is 25.3 Å². The van der Waals surface area contributed by atoms with Crippen molar-refractivity contribution in [2.75, 3.05) is 18.7 Å². The first-order valence-corrected chi connectivity index (χ1v) is 8.87. The molecule has 0 fully saturated rings. The van der Waals surface area contributed by atoms with Gasteiger partial charge in [-0.05, 0) is 17.7 Å². The number of imidazole rings is 1. The normalized spacial score (nSPS) is 11.4. The molecule has 25 heavy (non-hydrogen) atoms. The minimum atomic E-state index is -3.77. The third-order valence-corrected chi connectivity index (χ3v) is 3.59. The van der Waals surface area contributed by atoms with Gasteiger partial charge in [0, 0.05) is 12.6 Å². The Hall–Kier alpha value is -3.08. The summed E-state index contributed by atoms with van der Waals surface area (Å²) in [6.45, 7) is 0.286. The van der Waals surface area contributed by atoms with Gasteiger partial charge in [0.15, 0.2) is 11.5 Å². The number of aromatic hydroxyl groups is 1. The lowest BCUT2D eigenvalue weighted by atomic mass is 10.2. The average molecular weight is 365 g/mol. The molecule has 1 aromatic carbocycles. The van der Waals surface area contributed by atoms with E-state index in [0.717, 1.165) is 11.8 Å². The molecule has 2 heterocycles. The first-order valence-electron chi connectivity index (χ1n) is 7.05. The van der Waals surface area contributed by atoms with Crippen LogP contribution in [0, 0.1) is 0 Å². The highest BCUT2D eigenvalue weighted by molar-refractivity contribution is 7.86. The van der Waals surface area contributed by atoms with Gasteiger partial charge in [-0.2, -0.15) is 18.4 Å². The van der Waals surface area contributed by atoms with Crippen LogP contribution in [0.1, 0.15) is 5.56 Å². The zero-order valence-corrected chi connectivity index (χ0v) is 14.2. The van der Waals surface area contributed by atoms with Crippen molar-refractivity contribution in [1.82, 2.24) is 19.9 Å². The molecule has 3 aromatic rings. The lowest BCUT2D eigenvalue weighted by molar-refractivity contribution is 0.407. The van der Waals surface area contributed by atoms with Crippen molar-refractivity contribution >= 4 is 27.1 Å². The van der Waals surface area contributed by atoms with E-state index in [1.807, 2.05) is 0 Å². The Labute approximate surface area is 143 Å². The Balaban J connectivity index is 1.90. The first-order chi connectivity index (χ1) is 11.8. The van der Waals surface area contributed by atoms with Crippen LogP contribution >= 0.6 is 0 Å². The molecule has 0 aliphatic carbocycles. The molecule has 10 nitrogen and oxygen atoms in total. The van der Waals surface area contributed by atoms with Crippen LogP contribution in [-0.2, 0) is 16.7 Å². The Bertz CT molecular complexity index is 1020. The highest BCUT2D eigenvalue weighted by atomic mass is 32.2. The van der Waals surface area contributed by atoms with E-state index in [1.54, 1.807) is 12.1 Å². The molecule has 0 atom stereocenters. The monoisotopic (exact) mass is 365 g/mol. The Morgan fingerprint density at radius 3 is 2.80 bits per heavy atom. The maximum Gasteiger partial charge on any atom is 0.337 e. The molecule has 11 heteroatoms. The van der Waals surface area contributed by atoms with Gasteiger partial charge in [-0.3, -0.25) is 0 Å². The Morgan fingerprint density at radius 1 is 1.28 bits per heavy atom. The molecular formula is C14H15N5O5S. The van der Waals surface area contributed by atoms with Crippen LogP contribution in [0.5, 0.6) is 17.5 Å². The second-order valence-corrected chi connectivity index (χ2v) is 6.71. The topological polar surface area (TPSA) is 139 Å². The fourth-order valence-electron chi connectivity index (χ4n) is 2.16. The molecule has 0 radical (unpaired) electrons. The summed E-state index contributed by atoms with van der Waals surface area (Å²) in [5.74, 6) is 0.877. The third kappa shape index (κ3) is 4.07. The predicted molar refractivity (Wildman–Crippen MR) is 89.1 cm³/mol. The van der Waals surface area contributed by atoms with Crippen LogP contribution in [0.25, 0.3) is 11.2 Å². The number of H-pyrrole nitrogens is 1. The number of nitrogens with zero attached hydrogens (tertiary/aromatic N) is 3. The van der Waals surface area contributed by atoms with Gasteiger partial charge in [0.2, 0.25) is 0 Å². The van der Waals surface area contributed by atoms with Gasteiger partial charge in [-0.1, -0.05) is 0 Å². The number of phenolic OH excluding ortho intramolecular Hbond substituents is 1. The fourth-order valence-corrected chi connectivity index (χ4v) is 2.51. The summed E-state index contributed by atoms with van der Waals surface area (Å²) in [5.41, 5.74) is 1.48. The number of benzene rings is 1. The van der Waals surface area contributed by atoms with Crippen LogP contribution in [0.2, 0.25) is 0 Å². The predicted octanol–water partition coefficient (Wildman–Crippen LogP) is 1.02. The van der Waals surface area contributed by atoms with Crippen LogP contribution in [-0.4, -0.2) is 46.8 Å². The number of fused-ring (bicyclic) bond motifs is 1. The maximum atomic E-state index is 11.3. The summed E-state index contributed by atoms with van der Waals surface area (Å²) >= 11 is 0. The molecule has 3 rings (SSSR count). The molecule has 132 valence electrons. The Morgan fingerprint density at radius 2 is 2.08 bits per heavy atom. The van der Waals surface area contributed by atoms with Crippen molar-refractivity contribution in [1.29, 1.82) is 0 Å². The molecular weight excluding hydrogens is 350 g/mol. The molecule has 2 aromatic heterocycles. The Kier molecular flexibility index (Phi) is 4.31. The number of phenols is 1. The highest BCUT2D eigenvalue weighted by Gasteiger charge is 2.14. The van der Waals surface area contributed by atoms with Gasteiger partial charge in [-0.25, -0.2) is 4.98 Å². The second kappa shape index (κ2) is 6.43. The number of aromatic nitrogens is 4. The molecule has 0 unspecified atom stereocenters. The minimum absolute atomic E-state index is 0.0617. The number of rotatable bonds is 6. The summed E-state index contributed by atoms with van der Waals surface area (Å²) < 4.78 is 32.4. The molecule has 0 aliphatic heterocycles. The van der Waals surface area contributed by atoms with E-state index in [9.17, 15) is 13.5 Å². The zero-order chi connectivity index (χ0) is 18.0. The van der Waals surface area contributed by atoms with Crippen molar-refractivity contribution < 1.29 is 22.4 Å². The number of ether oxygens (including phenoxy) is 1. The smallest absolute Gasteiger partial charge is 0.337 e. The largest absolute Gasteiger partial charge is 0.508 e. The van der Waals surface area contributed by atoms with Crippen LogP contribution in [0.4, 0.5) is 5.82 Å². The van der Waals surface area contributed by atoms with E-state index in [-0.39, 0.29) is 24.0 Å². The van der Waals surface area contributed by atoms with Gasteiger partial charge in [0.1, 0.15) is 17.0 Å². The third-order valence-electron chi connectivity index (χ3n) is 3.14. The molecule has 0 aliphatic rings. The van der Waals surface area contributed by atoms with Crippen molar-refractivity contribution in [3.8, 4) is 17.5 Å². The fraction of sp³-hybridized carbons (Fsp3) is 0.214. The number of aromatic amines is 1. The van der Waals surface area contributed by atoms with Gasteiger partial charge in [0.05, 0.1) is 19.7 Å². The molecule has 0 spiro atoms. The second-order valence-electron chi connectivity index (χ2n) is 5.14. The summed E-state index contributed by atoms with van der Waals surface area (Å²) in [4.78, 5) is 14.8. The van der Waals surface area contributed by atoms with E-state index in [1.165, 1.54) is 19.5 Å². The number of hydrogen-bond donors (Lipinski definition) is 3. The molecule has 0 saturated heterocycles. The molecule has 0 saturated carbocycles. The van der Waals surface area contributed by atoms with E-state index < -0.39 is 10.1 Å². The number of anilines is 1. The lowest BCUT2D eigenvalue weighted by Crippen LogP contribution is -2.10. The van der Waals surface area contributed by atoms with Crippen molar-refractivity contribution in [2.24, 2.45) is 0 Å². The standard InChI is InChI=1S/C14H15N5O5S/c1-23-10-4-8(3-9(20)5-10)6-15-12-11-13(17-7-16-11)19-14(18-12)24-25(2,21)22/h3-5,7,20H,6H2,1-2H3,(H2,15,16,17,18,19). The number of nitrogens with one attached hydrogen (secondary N) is 2. The van der Waals surface area contributed by atoms with E-state index in [0.29, 0.717) is 17.1 Å². The SMILES string of the molecule is COc1cc(O)cc(CNc2nc(OS(C)(=O)=O)nc3nc[nH]c23)c1. The van der Waals surface area contributed by atoms with Gasteiger partial charge in [0.25, 0.3) is 0 Å². The number of methoxy groups -OCH3 is 1. The minimum Gasteiger partial charge on any atom is -0.508 e. The summed E-state index contributed by atoms with van der Waals surface area (Å²) in [6.07, 6.45) is 2.31. The number of hydrogen-bond acceptors (Lipinski definition) is 9. The highest BCUT2D eigenvalue weighted by Crippen LogP contribution is 2.24. The van der Waals surface area contributed by atoms with E-state index >= 15 is 0 Å². The van der Waals surface area contributed by atoms with Gasteiger partial charge in [-0.15, -0.1) is 0 Å². The van der Waals surface area contributed by atoms with Gasteiger partial charge < -0.3 is 24.3 Å². The summed E-state index contributed by atoms with van der Waals surface area (Å²) in [5, 5.41) is 12.7. The van der Waals surface area contributed by atoms with Crippen LogP contribution in [0.15, 0.2) is 24.5 Å². The summed E-state index contributed by atoms with van der Waals surface area (Å²) in [7, 11) is -2.27. The van der Waals surface area contributed by atoms with Crippen molar-refractivity contribution in [3.05, 3.63) is 30.1 Å². The van der Waals surface area contributed by atoms with E-state index in [4.69, 9.17) is 8.92 Å². The maximum absolute atomic E-state index is 11.3. The van der Waals surface area contributed by atoms with Crippen molar-refractivity contribution in [3.63, 3.8) is 0 Å². The molecule has 0 bridgehead atoms. The van der Waals surface area contributed by atoms with Crippen LogP contribution in [0.3, 0.4) is 0 Å². The van der Waals surface area contributed by atoms with Crippen molar-refractivity contribution in [2.45, 2.75) is 6.54 Å². The molecule has 3 N–H and O–H groups in total. The van der Waals surface area contributed by atoms with Crippen LogP contribution < -0.4 is 14.2 Å². The average Bonchev–Trinajstić information content (AvgIpc) is 2.98. The van der Waals surface area contributed by atoms with Gasteiger partial charge >= 0.3 is 16.1 Å². The lowest BCUT2D eigenvalue weighted by Gasteiger charge is -2.10.